The van der Waals surface area contributed by atoms with E-state index in [0.29, 0.717) is 25.3 Å². The predicted molar refractivity (Wildman–Crippen MR) is 107 cm³/mol. The first-order valence-corrected chi connectivity index (χ1v) is 11.1. The highest BCUT2D eigenvalue weighted by atomic mass is 32.2. The van der Waals surface area contributed by atoms with Crippen molar-refractivity contribution in [2.45, 2.75) is 22.6 Å². The van der Waals surface area contributed by atoms with Crippen LogP contribution in [0.2, 0.25) is 0 Å². The van der Waals surface area contributed by atoms with Crippen molar-refractivity contribution in [1.82, 2.24) is 4.31 Å². The van der Waals surface area contributed by atoms with Gasteiger partial charge in [0.05, 0.1) is 9.82 Å². The lowest BCUT2D eigenvalue weighted by atomic mass is 10.2. The highest BCUT2D eigenvalue weighted by Gasteiger charge is 2.29. The van der Waals surface area contributed by atoms with E-state index >= 15 is 0 Å². The maximum Gasteiger partial charge on any atom is 0.293 e. The number of nitrogens with one attached hydrogen (secondary N) is 1. The molecule has 0 aliphatic carbocycles. The fraction of sp³-hybridized carbons (Fsp3) is 0.333. The molecule has 1 aliphatic rings. The third-order valence-corrected chi connectivity index (χ3v) is 7.21. The summed E-state index contributed by atoms with van der Waals surface area (Å²) in [5.41, 5.74) is 0.106. The maximum atomic E-state index is 12.6. The molecule has 1 heterocycles. The van der Waals surface area contributed by atoms with Crippen molar-refractivity contribution in [2.24, 2.45) is 0 Å². The molecule has 0 spiro atoms. The number of nitro groups is 1. The molecule has 0 atom stereocenters. The van der Waals surface area contributed by atoms with Crippen LogP contribution in [0.1, 0.15) is 12.8 Å². The summed E-state index contributed by atoms with van der Waals surface area (Å²) in [7, 11) is -3.68. The van der Waals surface area contributed by atoms with Crippen molar-refractivity contribution in [1.29, 1.82) is 0 Å². The minimum absolute atomic E-state index is 0.0275. The molecule has 0 bridgehead atoms. The van der Waals surface area contributed by atoms with Crippen LogP contribution in [0.15, 0.2) is 58.3 Å². The molecule has 2 aromatic rings. The topological polar surface area (TPSA) is 92.5 Å². The van der Waals surface area contributed by atoms with Crippen LogP contribution in [-0.2, 0) is 10.0 Å². The summed E-state index contributed by atoms with van der Waals surface area (Å²) in [6, 6.07) is 13.9. The Morgan fingerprint density at radius 1 is 1.11 bits per heavy atom. The smallest absolute Gasteiger partial charge is 0.293 e. The number of nitrogens with zero attached hydrogens (tertiary/aromatic N) is 2. The zero-order valence-corrected chi connectivity index (χ0v) is 16.3. The molecule has 3 rings (SSSR count). The lowest BCUT2D eigenvalue weighted by molar-refractivity contribution is -0.384. The van der Waals surface area contributed by atoms with Crippen LogP contribution in [-0.4, -0.2) is 43.0 Å². The molecule has 0 unspecified atom stereocenters. The second-order valence-electron chi connectivity index (χ2n) is 6.14. The molecule has 1 N–H and O–H groups in total. The summed E-state index contributed by atoms with van der Waals surface area (Å²) in [5, 5.41) is 14.5. The Hall–Kier alpha value is -2.10. The third kappa shape index (κ3) is 4.79. The van der Waals surface area contributed by atoms with Crippen LogP contribution in [0.4, 0.5) is 11.4 Å². The number of hydrogen-bond donors (Lipinski definition) is 1. The lowest BCUT2D eigenvalue weighted by Gasteiger charge is -2.16. The van der Waals surface area contributed by atoms with Crippen LogP contribution < -0.4 is 5.32 Å². The fourth-order valence-corrected chi connectivity index (χ4v) is 5.25. The van der Waals surface area contributed by atoms with Gasteiger partial charge in [-0.1, -0.05) is 18.2 Å². The van der Waals surface area contributed by atoms with Crippen LogP contribution in [0, 0.1) is 10.1 Å². The first-order valence-electron chi connectivity index (χ1n) is 8.69. The van der Waals surface area contributed by atoms with Gasteiger partial charge in [-0.2, -0.15) is 4.31 Å². The highest BCUT2D eigenvalue weighted by molar-refractivity contribution is 7.99. The summed E-state index contributed by atoms with van der Waals surface area (Å²) in [5.74, 6) is 0.731. The third-order valence-electron chi connectivity index (χ3n) is 4.30. The van der Waals surface area contributed by atoms with Gasteiger partial charge in [0.2, 0.25) is 10.0 Å². The minimum Gasteiger partial charge on any atom is -0.379 e. The van der Waals surface area contributed by atoms with Gasteiger partial charge in [0.25, 0.3) is 5.69 Å². The normalized spacial score (nSPS) is 15.0. The Bertz CT molecular complexity index is 898. The van der Waals surface area contributed by atoms with E-state index in [2.05, 4.69) is 5.32 Å². The van der Waals surface area contributed by atoms with Crippen molar-refractivity contribution < 1.29 is 13.3 Å². The van der Waals surface area contributed by atoms with Crippen LogP contribution in [0.3, 0.4) is 0 Å². The zero-order valence-electron chi connectivity index (χ0n) is 14.7. The molecule has 0 saturated carbocycles. The van der Waals surface area contributed by atoms with E-state index in [4.69, 9.17) is 0 Å². The van der Waals surface area contributed by atoms with Gasteiger partial charge in [-0.05, 0) is 37.1 Å². The first kappa shape index (κ1) is 19.7. The first-order chi connectivity index (χ1) is 13.0. The van der Waals surface area contributed by atoms with E-state index in [1.807, 2.05) is 30.3 Å². The standard InChI is InChI=1S/C18H21N3O4S2/c22-21(23)18-14-16(27(24,25)20-11-4-5-12-20)8-9-17(18)19-10-13-26-15-6-2-1-3-7-15/h1-3,6-9,14,19H,4-5,10-13H2. The lowest BCUT2D eigenvalue weighted by Crippen LogP contribution is -2.27. The number of rotatable bonds is 8. The molecule has 1 aliphatic heterocycles. The molecule has 9 heteroatoms. The molecule has 0 amide bonds. The Kier molecular flexibility index (Phi) is 6.35. The molecule has 144 valence electrons. The molecule has 0 radical (unpaired) electrons. The largest absolute Gasteiger partial charge is 0.379 e. The number of thioether (sulfide) groups is 1. The molecule has 27 heavy (non-hydrogen) atoms. The number of nitro benzene ring substituents is 1. The van der Waals surface area contributed by atoms with Crippen LogP contribution >= 0.6 is 11.8 Å². The van der Waals surface area contributed by atoms with E-state index in [1.165, 1.54) is 16.4 Å². The van der Waals surface area contributed by atoms with Crippen molar-refractivity contribution in [2.75, 3.05) is 30.7 Å². The van der Waals surface area contributed by atoms with Crippen molar-refractivity contribution >= 4 is 33.2 Å². The summed E-state index contributed by atoms with van der Waals surface area (Å²) >= 11 is 1.64. The molecular formula is C18H21N3O4S2. The second kappa shape index (κ2) is 8.73. The van der Waals surface area contributed by atoms with Gasteiger partial charge < -0.3 is 5.32 Å². The highest BCUT2D eigenvalue weighted by Crippen LogP contribution is 2.30. The van der Waals surface area contributed by atoms with Gasteiger partial charge in [-0.25, -0.2) is 8.42 Å². The van der Waals surface area contributed by atoms with Crippen molar-refractivity contribution in [3.05, 3.63) is 58.6 Å². The van der Waals surface area contributed by atoms with Crippen LogP contribution in [0.5, 0.6) is 0 Å². The van der Waals surface area contributed by atoms with Gasteiger partial charge in [-0.3, -0.25) is 10.1 Å². The fourth-order valence-electron chi connectivity index (χ4n) is 2.92. The van der Waals surface area contributed by atoms with Gasteiger partial charge in [-0.15, -0.1) is 11.8 Å². The Morgan fingerprint density at radius 3 is 2.48 bits per heavy atom. The predicted octanol–water partition coefficient (Wildman–Crippen LogP) is 3.58. The molecule has 1 fully saturated rings. The average molecular weight is 408 g/mol. The quantitative estimate of drug-likeness (QED) is 0.311. The minimum atomic E-state index is -3.68. The Balaban J connectivity index is 1.69. The van der Waals surface area contributed by atoms with E-state index < -0.39 is 14.9 Å². The van der Waals surface area contributed by atoms with Gasteiger partial charge in [0, 0.05) is 36.3 Å². The van der Waals surface area contributed by atoms with E-state index in [1.54, 1.807) is 11.8 Å². The maximum absolute atomic E-state index is 12.6. The Labute approximate surface area is 163 Å². The van der Waals surface area contributed by atoms with Crippen LogP contribution in [0.25, 0.3) is 0 Å². The van der Waals surface area contributed by atoms with Gasteiger partial charge in [0.1, 0.15) is 5.69 Å². The van der Waals surface area contributed by atoms with E-state index in [-0.39, 0.29) is 10.6 Å². The second-order valence-corrected chi connectivity index (χ2v) is 9.24. The molecule has 2 aromatic carbocycles. The summed E-state index contributed by atoms with van der Waals surface area (Å²) < 4.78 is 26.6. The summed E-state index contributed by atoms with van der Waals surface area (Å²) in [4.78, 5) is 12.0. The zero-order chi connectivity index (χ0) is 19.3. The molecule has 7 nitrogen and oxygen atoms in total. The monoisotopic (exact) mass is 407 g/mol. The summed E-state index contributed by atoms with van der Waals surface area (Å²) in [6.07, 6.45) is 1.64. The van der Waals surface area contributed by atoms with E-state index in [9.17, 15) is 18.5 Å². The molecule has 1 saturated heterocycles. The number of hydrogen-bond acceptors (Lipinski definition) is 6. The number of benzene rings is 2. The van der Waals surface area contributed by atoms with Gasteiger partial charge in [0.15, 0.2) is 0 Å². The number of anilines is 1. The average Bonchev–Trinajstić information content (AvgIpc) is 3.21. The van der Waals surface area contributed by atoms with Crippen molar-refractivity contribution in [3.63, 3.8) is 0 Å². The SMILES string of the molecule is O=[N+]([O-])c1cc(S(=O)(=O)N2CCCC2)ccc1NCCSc1ccccc1. The number of sulfonamides is 1. The van der Waals surface area contributed by atoms with E-state index in [0.717, 1.165) is 29.6 Å². The van der Waals surface area contributed by atoms with Crippen molar-refractivity contribution in [3.8, 4) is 0 Å². The summed E-state index contributed by atoms with van der Waals surface area (Å²) in [6.45, 7) is 1.46. The Morgan fingerprint density at radius 2 is 1.81 bits per heavy atom. The van der Waals surface area contributed by atoms with Gasteiger partial charge >= 0.3 is 0 Å². The molecular weight excluding hydrogens is 386 g/mol. The molecule has 0 aromatic heterocycles.